The van der Waals surface area contributed by atoms with E-state index in [9.17, 15) is 4.79 Å². The summed E-state index contributed by atoms with van der Waals surface area (Å²) in [6.07, 6.45) is 3.61. The second kappa shape index (κ2) is 8.05. The first-order valence-electron chi connectivity index (χ1n) is 8.55. The molecular formula is C19H28N4O2. The molecule has 1 atom stereocenters. The highest BCUT2D eigenvalue weighted by Crippen LogP contribution is 2.23. The molecule has 2 aromatic rings. The maximum Gasteiger partial charge on any atom is 0.318 e. The Morgan fingerprint density at radius 2 is 1.76 bits per heavy atom. The van der Waals surface area contributed by atoms with Gasteiger partial charge in [0, 0.05) is 31.5 Å². The van der Waals surface area contributed by atoms with Crippen LogP contribution in [-0.4, -0.2) is 39.7 Å². The van der Waals surface area contributed by atoms with Crippen LogP contribution in [0.4, 0.5) is 4.79 Å². The van der Waals surface area contributed by atoms with Crippen molar-refractivity contribution in [2.75, 3.05) is 7.11 Å². The molecule has 0 unspecified atom stereocenters. The number of imidazole rings is 1. The minimum Gasteiger partial charge on any atom is -0.497 e. The van der Waals surface area contributed by atoms with Crippen molar-refractivity contribution in [3.8, 4) is 5.75 Å². The fourth-order valence-electron chi connectivity index (χ4n) is 3.01. The molecule has 0 radical (unpaired) electrons. The van der Waals surface area contributed by atoms with Crippen molar-refractivity contribution in [2.24, 2.45) is 7.05 Å². The van der Waals surface area contributed by atoms with Gasteiger partial charge in [0.2, 0.25) is 0 Å². The summed E-state index contributed by atoms with van der Waals surface area (Å²) in [7, 11) is 3.56. The Balaban J connectivity index is 2.35. The van der Waals surface area contributed by atoms with Gasteiger partial charge in [-0.1, -0.05) is 12.1 Å². The molecule has 2 amide bonds. The number of carbonyl (C=O) groups is 1. The fourth-order valence-corrected chi connectivity index (χ4v) is 3.01. The van der Waals surface area contributed by atoms with Crippen molar-refractivity contribution in [3.63, 3.8) is 0 Å². The third-order valence-corrected chi connectivity index (χ3v) is 4.18. The number of ether oxygens (including phenoxy) is 1. The third kappa shape index (κ3) is 4.32. The lowest BCUT2D eigenvalue weighted by atomic mass is 10.1. The van der Waals surface area contributed by atoms with Gasteiger partial charge < -0.3 is 19.5 Å². The van der Waals surface area contributed by atoms with Crippen LogP contribution in [0.3, 0.4) is 0 Å². The molecule has 0 fully saturated rings. The van der Waals surface area contributed by atoms with Crippen LogP contribution in [0.15, 0.2) is 36.7 Å². The highest BCUT2D eigenvalue weighted by atomic mass is 16.5. The van der Waals surface area contributed by atoms with E-state index in [1.807, 2.05) is 74.7 Å². The number of rotatable bonds is 6. The Labute approximate surface area is 149 Å². The SMILES string of the molecule is COc1ccc([C@@H](NC(=O)N(C(C)C)C(C)C)c2nccn2C)cc1. The van der Waals surface area contributed by atoms with Gasteiger partial charge in [-0.2, -0.15) is 0 Å². The molecule has 25 heavy (non-hydrogen) atoms. The Bertz CT molecular complexity index is 684. The number of aryl methyl sites for hydroxylation is 1. The molecule has 6 nitrogen and oxygen atoms in total. The van der Waals surface area contributed by atoms with Gasteiger partial charge in [-0.25, -0.2) is 9.78 Å². The molecule has 0 spiro atoms. The fraction of sp³-hybridized carbons (Fsp3) is 0.474. The Hall–Kier alpha value is -2.50. The van der Waals surface area contributed by atoms with Crippen molar-refractivity contribution in [1.82, 2.24) is 19.8 Å². The summed E-state index contributed by atoms with van der Waals surface area (Å²) in [6, 6.07) is 7.46. The molecule has 1 heterocycles. The zero-order valence-corrected chi connectivity index (χ0v) is 15.9. The Kier molecular flexibility index (Phi) is 6.07. The van der Waals surface area contributed by atoms with E-state index in [0.717, 1.165) is 17.1 Å². The van der Waals surface area contributed by atoms with Crippen molar-refractivity contribution >= 4 is 6.03 Å². The van der Waals surface area contributed by atoms with Gasteiger partial charge in [0.15, 0.2) is 0 Å². The van der Waals surface area contributed by atoms with Crippen LogP contribution in [0.25, 0.3) is 0 Å². The summed E-state index contributed by atoms with van der Waals surface area (Å²) >= 11 is 0. The Morgan fingerprint density at radius 3 is 2.20 bits per heavy atom. The van der Waals surface area contributed by atoms with E-state index in [1.165, 1.54) is 0 Å². The summed E-state index contributed by atoms with van der Waals surface area (Å²) < 4.78 is 7.15. The number of hydrogen-bond donors (Lipinski definition) is 1. The second-order valence-corrected chi connectivity index (χ2v) is 6.65. The normalized spacial score (nSPS) is 12.3. The number of nitrogens with zero attached hydrogens (tertiary/aromatic N) is 3. The molecule has 0 bridgehead atoms. The van der Waals surface area contributed by atoms with Gasteiger partial charge in [0.25, 0.3) is 0 Å². The largest absolute Gasteiger partial charge is 0.497 e. The van der Waals surface area contributed by atoms with Crippen LogP contribution < -0.4 is 10.1 Å². The van der Waals surface area contributed by atoms with Gasteiger partial charge in [-0.3, -0.25) is 0 Å². The summed E-state index contributed by atoms with van der Waals surface area (Å²) in [5, 5.41) is 3.14. The minimum absolute atomic E-state index is 0.103. The number of benzene rings is 1. The van der Waals surface area contributed by atoms with Gasteiger partial charge in [0.05, 0.1) is 7.11 Å². The van der Waals surface area contributed by atoms with Gasteiger partial charge in [-0.05, 0) is 45.4 Å². The molecular weight excluding hydrogens is 316 g/mol. The average molecular weight is 344 g/mol. The predicted octanol–water partition coefficient (Wildman–Crippen LogP) is 3.35. The third-order valence-electron chi connectivity index (χ3n) is 4.18. The average Bonchev–Trinajstić information content (AvgIpc) is 2.98. The molecule has 2 rings (SSSR count). The molecule has 1 N–H and O–H groups in total. The minimum atomic E-state index is -0.335. The van der Waals surface area contributed by atoms with E-state index in [1.54, 1.807) is 13.3 Å². The van der Waals surface area contributed by atoms with E-state index in [-0.39, 0.29) is 24.2 Å². The van der Waals surface area contributed by atoms with E-state index < -0.39 is 0 Å². The monoisotopic (exact) mass is 344 g/mol. The van der Waals surface area contributed by atoms with E-state index in [2.05, 4.69) is 10.3 Å². The lowest BCUT2D eigenvalue weighted by molar-refractivity contribution is 0.162. The first kappa shape index (κ1) is 18.8. The maximum absolute atomic E-state index is 12.9. The van der Waals surface area contributed by atoms with E-state index >= 15 is 0 Å². The smallest absolute Gasteiger partial charge is 0.318 e. The number of aromatic nitrogens is 2. The summed E-state index contributed by atoms with van der Waals surface area (Å²) in [5.41, 5.74) is 0.955. The van der Waals surface area contributed by atoms with Crippen LogP contribution >= 0.6 is 0 Å². The van der Waals surface area contributed by atoms with Gasteiger partial charge in [0.1, 0.15) is 17.6 Å². The van der Waals surface area contributed by atoms with E-state index in [0.29, 0.717) is 0 Å². The number of urea groups is 1. The number of nitrogens with one attached hydrogen (secondary N) is 1. The van der Waals surface area contributed by atoms with Gasteiger partial charge >= 0.3 is 6.03 Å². The zero-order chi connectivity index (χ0) is 18.6. The van der Waals surface area contributed by atoms with Crippen molar-refractivity contribution in [1.29, 1.82) is 0 Å². The molecule has 6 heteroatoms. The quantitative estimate of drug-likeness (QED) is 0.874. The van der Waals surface area contributed by atoms with Crippen molar-refractivity contribution in [2.45, 2.75) is 45.8 Å². The van der Waals surface area contributed by atoms with Crippen molar-refractivity contribution < 1.29 is 9.53 Å². The molecule has 1 aromatic carbocycles. The number of amides is 2. The lowest BCUT2D eigenvalue weighted by Gasteiger charge is -2.32. The number of methoxy groups -OCH3 is 1. The molecule has 0 saturated heterocycles. The van der Waals surface area contributed by atoms with Gasteiger partial charge in [-0.15, -0.1) is 0 Å². The van der Waals surface area contributed by atoms with Crippen molar-refractivity contribution in [3.05, 3.63) is 48.0 Å². The molecule has 0 aliphatic rings. The van der Waals surface area contributed by atoms with Crippen LogP contribution in [0, 0.1) is 0 Å². The standard InChI is InChI=1S/C19H28N4O2/c1-13(2)23(14(3)4)19(24)21-17(18-20-11-12-22(18)5)15-7-9-16(25-6)10-8-15/h7-14,17H,1-6H3,(H,21,24)/t17-/m1/s1. The lowest BCUT2D eigenvalue weighted by Crippen LogP contribution is -2.49. The summed E-state index contributed by atoms with van der Waals surface area (Å²) in [5.74, 6) is 1.56. The summed E-state index contributed by atoms with van der Waals surface area (Å²) in [4.78, 5) is 19.2. The van der Waals surface area contributed by atoms with Crippen LogP contribution in [0.5, 0.6) is 5.75 Å². The van der Waals surface area contributed by atoms with Crippen LogP contribution in [0.1, 0.15) is 45.1 Å². The predicted molar refractivity (Wildman–Crippen MR) is 98.7 cm³/mol. The van der Waals surface area contributed by atoms with Crippen LogP contribution in [-0.2, 0) is 7.05 Å². The molecule has 136 valence electrons. The maximum atomic E-state index is 12.9. The molecule has 0 saturated carbocycles. The highest BCUT2D eigenvalue weighted by molar-refractivity contribution is 5.75. The topological polar surface area (TPSA) is 59.4 Å². The zero-order valence-electron chi connectivity index (χ0n) is 15.9. The first-order valence-corrected chi connectivity index (χ1v) is 8.55. The molecule has 1 aromatic heterocycles. The Morgan fingerprint density at radius 1 is 1.16 bits per heavy atom. The van der Waals surface area contributed by atoms with Crippen LogP contribution in [0.2, 0.25) is 0 Å². The number of carbonyl (C=O) groups excluding carboxylic acids is 1. The van der Waals surface area contributed by atoms with E-state index in [4.69, 9.17) is 4.74 Å². The summed E-state index contributed by atoms with van der Waals surface area (Å²) in [6.45, 7) is 8.07. The highest BCUT2D eigenvalue weighted by Gasteiger charge is 2.26. The second-order valence-electron chi connectivity index (χ2n) is 6.65. The molecule has 0 aliphatic heterocycles. The molecule has 0 aliphatic carbocycles. The number of hydrogen-bond acceptors (Lipinski definition) is 3. The first-order chi connectivity index (χ1) is 11.8.